The van der Waals surface area contributed by atoms with Crippen LogP contribution in [0.3, 0.4) is 0 Å². The van der Waals surface area contributed by atoms with Crippen LogP contribution in [0.4, 0.5) is 0 Å². The van der Waals surface area contributed by atoms with E-state index in [1.165, 1.54) is 22.7 Å². The number of nitrogens with two attached hydrogens (primary N) is 1. The third kappa shape index (κ3) is 2.52. The third-order valence-corrected chi connectivity index (χ3v) is 3.83. The Morgan fingerprint density at radius 1 is 1.31 bits per heavy atom. The van der Waals surface area contributed by atoms with Crippen LogP contribution in [0.15, 0.2) is 10.8 Å². The molecule has 0 saturated heterocycles. The zero-order chi connectivity index (χ0) is 11.5. The van der Waals surface area contributed by atoms with Crippen molar-refractivity contribution >= 4 is 28.5 Å². The molecule has 0 aliphatic carbocycles. The van der Waals surface area contributed by atoms with Crippen molar-refractivity contribution in [3.05, 3.63) is 32.2 Å². The number of nitrogens with zero attached hydrogens (tertiary/aromatic N) is 2. The number of thiazole rings is 2. The fourth-order valence-electron chi connectivity index (χ4n) is 1.24. The molecule has 6 heteroatoms. The lowest BCUT2D eigenvalue weighted by Gasteiger charge is -1.92. The van der Waals surface area contributed by atoms with Crippen LogP contribution in [-0.4, -0.2) is 15.8 Å². The van der Waals surface area contributed by atoms with E-state index in [1.54, 1.807) is 5.38 Å². The summed E-state index contributed by atoms with van der Waals surface area (Å²) in [7, 11) is 0. The fourth-order valence-corrected chi connectivity index (χ4v) is 2.69. The normalized spacial score (nSPS) is 10.6. The van der Waals surface area contributed by atoms with Crippen LogP contribution in [0, 0.1) is 6.92 Å². The van der Waals surface area contributed by atoms with Crippen molar-refractivity contribution in [2.45, 2.75) is 19.9 Å². The number of aromatic nitrogens is 2. The minimum atomic E-state index is 0.00491. The molecule has 0 bridgehead atoms. The van der Waals surface area contributed by atoms with E-state index in [0.717, 1.165) is 15.7 Å². The first-order chi connectivity index (χ1) is 7.69. The molecule has 0 aromatic carbocycles. The molecule has 2 aromatic rings. The summed E-state index contributed by atoms with van der Waals surface area (Å²) in [4.78, 5) is 20.2. The number of Topliss-reactive ketones (excluding diaryl/α,β-unsaturated/α-hetero) is 1. The number of carbonyl (C=O) groups is 1. The maximum absolute atomic E-state index is 11.8. The van der Waals surface area contributed by atoms with Crippen molar-refractivity contribution in [1.82, 2.24) is 9.97 Å². The zero-order valence-corrected chi connectivity index (χ0v) is 10.4. The minimum absolute atomic E-state index is 0.00491. The van der Waals surface area contributed by atoms with Crippen LogP contribution in [0.5, 0.6) is 0 Å². The lowest BCUT2D eigenvalue weighted by atomic mass is 10.2. The van der Waals surface area contributed by atoms with Gasteiger partial charge in [-0.1, -0.05) is 0 Å². The number of carbonyl (C=O) groups excluding carboxylic acids is 1. The summed E-state index contributed by atoms with van der Waals surface area (Å²) in [5, 5.41) is 5.32. The van der Waals surface area contributed by atoms with Gasteiger partial charge in [0.2, 0.25) is 0 Å². The lowest BCUT2D eigenvalue weighted by Crippen LogP contribution is -2.05. The number of aryl methyl sites for hydroxylation is 1. The third-order valence-electron chi connectivity index (χ3n) is 1.99. The first-order valence-corrected chi connectivity index (χ1v) is 6.53. The summed E-state index contributed by atoms with van der Waals surface area (Å²) in [5.41, 5.74) is 6.90. The Bertz CT molecular complexity index is 504. The average Bonchev–Trinajstić information content (AvgIpc) is 2.87. The molecule has 0 aliphatic rings. The Morgan fingerprint density at radius 3 is 2.62 bits per heavy atom. The molecule has 0 fully saturated rings. The number of hydrogen-bond acceptors (Lipinski definition) is 6. The smallest absolute Gasteiger partial charge is 0.188 e. The molecule has 2 rings (SSSR count). The van der Waals surface area contributed by atoms with Crippen LogP contribution < -0.4 is 5.73 Å². The van der Waals surface area contributed by atoms with Gasteiger partial charge in [0.05, 0.1) is 6.42 Å². The van der Waals surface area contributed by atoms with Gasteiger partial charge < -0.3 is 5.73 Å². The van der Waals surface area contributed by atoms with Gasteiger partial charge in [-0.05, 0) is 6.92 Å². The maximum atomic E-state index is 11.8. The van der Waals surface area contributed by atoms with Gasteiger partial charge in [0, 0.05) is 23.0 Å². The highest BCUT2D eigenvalue weighted by atomic mass is 32.1. The predicted molar refractivity (Wildman–Crippen MR) is 64.9 cm³/mol. The average molecular weight is 253 g/mol. The van der Waals surface area contributed by atoms with Gasteiger partial charge in [-0.15, -0.1) is 22.7 Å². The van der Waals surface area contributed by atoms with E-state index >= 15 is 0 Å². The molecule has 0 aliphatic heterocycles. The Morgan fingerprint density at radius 2 is 2.06 bits per heavy atom. The van der Waals surface area contributed by atoms with Crippen molar-refractivity contribution in [3.8, 4) is 0 Å². The van der Waals surface area contributed by atoms with Crippen LogP contribution in [-0.2, 0) is 13.0 Å². The molecule has 0 radical (unpaired) electrons. The summed E-state index contributed by atoms with van der Waals surface area (Å²) >= 11 is 2.92. The molecule has 0 spiro atoms. The fraction of sp³-hybridized carbons (Fsp3) is 0.300. The SMILES string of the molecule is Cc1csc(CC(=O)c2csc(CN)n2)n1. The van der Waals surface area contributed by atoms with Gasteiger partial charge >= 0.3 is 0 Å². The molecule has 2 heterocycles. The molecule has 2 aromatic heterocycles. The number of rotatable bonds is 4. The summed E-state index contributed by atoms with van der Waals surface area (Å²) in [6.45, 7) is 2.30. The zero-order valence-electron chi connectivity index (χ0n) is 8.77. The molecule has 0 unspecified atom stereocenters. The second-order valence-electron chi connectivity index (χ2n) is 3.31. The van der Waals surface area contributed by atoms with Crippen molar-refractivity contribution in [1.29, 1.82) is 0 Å². The van der Waals surface area contributed by atoms with Crippen molar-refractivity contribution < 1.29 is 4.79 Å². The molecular weight excluding hydrogens is 242 g/mol. The highest BCUT2D eigenvalue weighted by Gasteiger charge is 2.12. The quantitative estimate of drug-likeness (QED) is 0.843. The van der Waals surface area contributed by atoms with Gasteiger partial charge in [0.25, 0.3) is 0 Å². The van der Waals surface area contributed by atoms with E-state index in [1.807, 2.05) is 12.3 Å². The summed E-state index contributed by atoms with van der Waals surface area (Å²) < 4.78 is 0. The maximum Gasteiger partial charge on any atom is 0.188 e. The number of hydrogen-bond donors (Lipinski definition) is 1. The Hall–Kier alpha value is -1.11. The molecule has 0 amide bonds. The summed E-state index contributed by atoms with van der Waals surface area (Å²) in [6, 6.07) is 0. The van der Waals surface area contributed by atoms with Crippen LogP contribution >= 0.6 is 22.7 Å². The van der Waals surface area contributed by atoms with E-state index in [0.29, 0.717) is 18.7 Å². The minimum Gasteiger partial charge on any atom is -0.325 e. The topological polar surface area (TPSA) is 68.9 Å². The van der Waals surface area contributed by atoms with Crippen molar-refractivity contribution in [3.63, 3.8) is 0 Å². The molecule has 4 nitrogen and oxygen atoms in total. The van der Waals surface area contributed by atoms with Gasteiger partial charge in [-0.25, -0.2) is 9.97 Å². The highest BCUT2D eigenvalue weighted by molar-refractivity contribution is 7.10. The van der Waals surface area contributed by atoms with E-state index in [4.69, 9.17) is 5.73 Å². The van der Waals surface area contributed by atoms with Crippen LogP contribution in [0.1, 0.15) is 26.2 Å². The van der Waals surface area contributed by atoms with Crippen molar-refractivity contribution in [2.75, 3.05) is 0 Å². The van der Waals surface area contributed by atoms with E-state index in [2.05, 4.69) is 9.97 Å². The van der Waals surface area contributed by atoms with Gasteiger partial charge in [0.1, 0.15) is 15.7 Å². The first-order valence-electron chi connectivity index (χ1n) is 4.77. The largest absolute Gasteiger partial charge is 0.325 e. The van der Waals surface area contributed by atoms with E-state index < -0.39 is 0 Å². The molecular formula is C10H11N3OS2. The lowest BCUT2D eigenvalue weighted by molar-refractivity contribution is 0.0988. The summed E-state index contributed by atoms with van der Waals surface area (Å²) in [5.74, 6) is 0.00491. The Balaban J connectivity index is 2.08. The first kappa shape index (κ1) is 11.4. The molecule has 84 valence electrons. The second kappa shape index (κ2) is 4.82. The monoisotopic (exact) mass is 253 g/mol. The van der Waals surface area contributed by atoms with E-state index in [9.17, 15) is 4.79 Å². The highest BCUT2D eigenvalue weighted by Crippen LogP contribution is 2.14. The molecule has 0 atom stereocenters. The van der Waals surface area contributed by atoms with Crippen LogP contribution in [0.2, 0.25) is 0 Å². The summed E-state index contributed by atoms with van der Waals surface area (Å²) in [6.07, 6.45) is 0.326. The molecule has 0 saturated carbocycles. The second-order valence-corrected chi connectivity index (χ2v) is 5.20. The van der Waals surface area contributed by atoms with Gasteiger partial charge in [0.15, 0.2) is 5.78 Å². The van der Waals surface area contributed by atoms with Gasteiger partial charge in [-0.3, -0.25) is 4.79 Å². The van der Waals surface area contributed by atoms with Gasteiger partial charge in [-0.2, -0.15) is 0 Å². The molecule has 16 heavy (non-hydrogen) atoms. The Labute approximate surface area is 101 Å². The number of ketones is 1. The van der Waals surface area contributed by atoms with Crippen molar-refractivity contribution in [2.24, 2.45) is 5.73 Å². The predicted octanol–water partition coefficient (Wildman–Crippen LogP) is 1.79. The van der Waals surface area contributed by atoms with Crippen LogP contribution in [0.25, 0.3) is 0 Å². The standard InChI is InChI=1S/C10H11N3OS2/c1-6-4-15-9(12-6)2-8(14)7-5-16-10(3-11)13-7/h4-5H,2-3,11H2,1H3. The van der Waals surface area contributed by atoms with E-state index in [-0.39, 0.29) is 5.78 Å². The Kier molecular flexibility index (Phi) is 3.42. The molecule has 2 N–H and O–H groups in total.